The standard InChI is InChI=1S/C11H10NO3/c13-7-3-5-9-4-1-2-6-10(9)12-11(15)8-14/h1-6,14H,8H2,(H,12,15)/b5-3+. The first-order chi connectivity index (χ1) is 7.27. The molecule has 1 amide bonds. The van der Waals surface area contributed by atoms with E-state index in [1.807, 2.05) is 0 Å². The van der Waals surface area contributed by atoms with E-state index >= 15 is 0 Å². The van der Waals surface area contributed by atoms with Gasteiger partial charge < -0.3 is 10.4 Å². The maximum Gasteiger partial charge on any atom is 0.250 e. The molecule has 4 nitrogen and oxygen atoms in total. The third kappa shape index (κ3) is 3.36. The van der Waals surface area contributed by atoms with Crippen LogP contribution in [0.15, 0.2) is 30.3 Å². The third-order valence-electron chi connectivity index (χ3n) is 1.71. The fourth-order valence-corrected chi connectivity index (χ4v) is 1.07. The van der Waals surface area contributed by atoms with Crippen LogP contribution in [0.5, 0.6) is 0 Å². The van der Waals surface area contributed by atoms with E-state index in [0.29, 0.717) is 11.3 Å². The minimum atomic E-state index is -0.572. The first-order valence-corrected chi connectivity index (χ1v) is 4.32. The minimum absolute atomic E-state index is 0.495. The maximum atomic E-state index is 10.9. The summed E-state index contributed by atoms with van der Waals surface area (Å²) in [6, 6.07) is 6.94. The highest BCUT2D eigenvalue weighted by Crippen LogP contribution is 2.16. The van der Waals surface area contributed by atoms with Gasteiger partial charge in [-0.2, -0.15) is 0 Å². The van der Waals surface area contributed by atoms with E-state index in [0.717, 1.165) is 0 Å². The highest BCUT2D eigenvalue weighted by Gasteiger charge is 2.02. The first-order valence-electron chi connectivity index (χ1n) is 4.32. The Morgan fingerprint density at radius 3 is 2.87 bits per heavy atom. The molecule has 77 valence electrons. The lowest BCUT2D eigenvalue weighted by atomic mass is 10.1. The number of hydrogen-bond acceptors (Lipinski definition) is 3. The van der Waals surface area contributed by atoms with E-state index in [1.165, 1.54) is 12.2 Å². The molecule has 0 aliphatic carbocycles. The van der Waals surface area contributed by atoms with E-state index in [2.05, 4.69) is 5.32 Å². The van der Waals surface area contributed by atoms with Gasteiger partial charge in [-0.1, -0.05) is 18.2 Å². The van der Waals surface area contributed by atoms with Crippen molar-refractivity contribution in [3.63, 3.8) is 0 Å². The number of carbonyl (C=O) groups is 1. The van der Waals surface area contributed by atoms with Crippen molar-refractivity contribution >= 4 is 24.0 Å². The fraction of sp³-hybridized carbons (Fsp3) is 0.0909. The molecule has 1 rings (SSSR count). The van der Waals surface area contributed by atoms with Crippen LogP contribution in [0.25, 0.3) is 6.08 Å². The van der Waals surface area contributed by atoms with Gasteiger partial charge in [-0.3, -0.25) is 9.59 Å². The van der Waals surface area contributed by atoms with Gasteiger partial charge in [-0.25, -0.2) is 0 Å². The molecule has 1 aromatic carbocycles. The van der Waals surface area contributed by atoms with Crippen LogP contribution < -0.4 is 5.32 Å². The number of nitrogens with one attached hydrogen (secondary N) is 1. The van der Waals surface area contributed by atoms with Gasteiger partial charge in [0.25, 0.3) is 0 Å². The van der Waals surface area contributed by atoms with Crippen molar-refractivity contribution in [2.24, 2.45) is 0 Å². The number of para-hydroxylation sites is 1. The second kappa shape index (κ2) is 5.72. The summed E-state index contributed by atoms with van der Waals surface area (Å²) in [6.07, 6.45) is 4.36. The molecule has 0 saturated carbocycles. The summed E-state index contributed by atoms with van der Waals surface area (Å²) in [6.45, 7) is -0.572. The lowest BCUT2D eigenvalue weighted by molar-refractivity contribution is -0.118. The Labute approximate surface area is 87.2 Å². The average molecular weight is 204 g/mol. The van der Waals surface area contributed by atoms with Crippen LogP contribution in [0.2, 0.25) is 0 Å². The molecule has 0 saturated heterocycles. The van der Waals surface area contributed by atoms with Crippen molar-refractivity contribution in [1.29, 1.82) is 0 Å². The number of rotatable bonds is 4. The number of allylic oxidation sites excluding steroid dienone is 1. The topological polar surface area (TPSA) is 66.4 Å². The predicted octanol–water partition coefficient (Wildman–Crippen LogP) is 0.740. The van der Waals surface area contributed by atoms with Crippen LogP contribution in [0, 0.1) is 0 Å². The molecule has 1 aromatic rings. The van der Waals surface area contributed by atoms with Gasteiger partial charge in [-0.15, -0.1) is 0 Å². The zero-order chi connectivity index (χ0) is 11.1. The normalized spacial score (nSPS) is 10.2. The number of benzene rings is 1. The van der Waals surface area contributed by atoms with Gasteiger partial charge in [0.15, 0.2) is 0 Å². The molecular weight excluding hydrogens is 194 g/mol. The van der Waals surface area contributed by atoms with Crippen molar-refractivity contribution < 1.29 is 14.7 Å². The highest BCUT2D eigenvalue weighted by atomic mass is 16.3. The summed E-state index contributed by atoms with van der Waals surface area (Å²) in [7, 11) is 0. The molecule has 0 fully saturated rings. The minimum Gasteiger partial charge on any atom is -0.387 e. The van der Waals surface area contributed by atoms with Gasteiger partial charge in [0.05, 0.1) is 0 Å². The number of aliphatic hydroxyl groups excluding tert-OH is 1. The summed E-state index contributed by atoms with van der Waals surface area (Å²) in [4.78, 5) is 21.0. The highest BCUT2D eigenvalue weighted by molar-refractivity contribution is 5.94. The Balaban J connectivity index is 2.90. The fourth-order valence-electron chi connectivity index (χ4n) is 1.07. The summed E-state index contributed by atoms with van der Waals surface area (Å²) < 4.78 is 0. The Morgan fingerprint density at radius 2 is 2.20 bits per heavy atom. The first kappa shape index (κ1) is 11.1. The number of anilines is 1. The Hall–Kier alpha value is -1.94. The summed E-state index contributed by atoms with van der Waals surface area (Å²) in [5.74, 6) is -0.495. The summed E-state index contributed by atoms with van der Waals surface area (Å²) in [5, 5.41) is 11.1. The number of hydrogen-bond donors (Lipinski definition) is 2. The molecule has 15 heavy (non-hydrogen) atoms. The zero-order valence-electron chi connectivity index (χ0n) is 7.93. The van der Waals surface area contributed by atoms with Crippen molar-refractivity contribution in [2.75, 3.05) is 11.9 Å². The van der Waals surface area contributed by atoms with E-state index in [1.54, 1.807) is 30.6 Å². The van der Waals surface area contributed by atoms with Crippen LogP contribution in [-0.4, -0.2) is 23.9 Å². The maximum absolute atomic E-state index is 10.9. The van der Waals surface area contributed by atoms with Crippen molar-refractivity contribution in [3.8, 4) is 0 Å². The zero-order valence-corrected chi connectivity index (χ0v) is 7.93. The molecule has 0 aliphatic rings. The van der Waals surface area contributed by atoms with Crippen LogP contribution in [0.1, 0.15) is 5.56 Å². The quantitative estimate of drug-likeness (QED) is 0.711. The summed E-state index contributed by atoms with van der Waals surface area (Å²) in [5.41, 5.74) is 1.23. The average Bonchev–Trinajstić information content (AvgIpc) is 2.28. The lowest BCUT2D eigenvalue weighted by Crippen LogP contribution is -2.15. The number of carbonyl (C=O) groups excluding carboxylic acids is 2. The second-order valence-electron chi connectivity index (χ2n) is 2.74. The monoisotopic (exact) mass is 204 g/mol. The van der Waals surface area contributed by atoms with E-state index in [-0.39, 0.29) is 0 Å². The molecule has 1 radical (unpaired) electrons. The molecular formula is C11H10NO3. The number of aliphatic hydroxyl groups is 1. The van der Waals surface area contributed by atoms with E-state index < -0.39 is 12.5 Å². The van der Waals surface area contributed by atoms with Gasteiger partial charge >= 0.3 is 0 Å². The van der Waals surface area contributed by atoms with Gasteiger partial charge in [-0.05, 0) is 23.8 Å². The lowest BCUT2D eigenvalue weighted by Gasteiger charge is -2.06. The van der Waals surface area contributed by atoms with Crippen molar-refractivity contribution in [1.82, 2.24) is 0 Å². The second-order valence-corrected chi connectivity index (χ2v) is 2.74. The predicted molar refractivity (Wildman–Crippen MR) is 56.9 cm³/mol. The van der Waals surface area contributed by atoms with E-state index in [4.69, 9.17) is 5.11 Å². The largest absolute Gasteiger partial charge is 0.387 e. The molecule has 0 bridgehead atoms. The SMILES string of the molecule is O=[C]/C=C/c1ccccc1NC(=O)CO. The molecule has 0 aliphatic heterocycles. The Bertz CT molecular complexity index is 385. The molecule has 0 aromatic heterocycles. The molecule has 0 atom stereocenters. The van der Waals surface area contributed by atoms with Crippen LogP contribution in [0.4, 0.5) is 5.69 Å². The summed E-state index contributed by atoms with van der Waals surface area (Å²) >= 11 is 0. The van der Waals surface area contributed by atoms with Crippen molar-refractivity contribution in [3.05, 3.63) is 35.9 Å². The van der Waals surface area contributed by atoms with Gasteiger partial charge in [0.2, 0.25) is 12.2 Å². The molecule has 0 spiro atoms. The van der Waals surface area contributed by atoms with Crippen LogP contribution in [0.3, 0.4) is 0 Å². The molecule has 0 unspecified atom stereocenters. The molecule has 2 N–H and O–H groups in total. The smallest absolute Gasteiger partial charge is 0.250 e. The van der Waals surface area contributed by atoms with Crippen molar-refractivity contribution in [2.45, 2.75) is 0 Å². The molecule has 0 heterocycles. The Morgan fingerprint density at radius 1 is 1.47 bits per heavy atom. The van der Waals surface area contributed by atoms with Crippen LogP contribution >= 0.6 is 0 Å². The van der Waals surface area contributed by atoms with Crippen LogP contribution in [-0.2, 0) is 9.59 Å². The van der Waals surface area contributed by atoms with Gasteiger partial charge in [0.1, 0.15) is 6.61 Å². The van der Waals surface area contributed by atoms with Gasteiger partial charge in [0, 0.05) is 5.69 Å². The molecule has 4 heteroatoms. The Kier molecular flexibility index (Phi) is 4.25. The van der Waals surface area contributed by atoms with E-state index in [9.17, 15) is 9.59 Å². The number of amides is 1. The third-order valence-corrected chi connectivity index (χ3v) is 1.71.